The first-order chi connectivity index (χ1) is 6.10. The highest BCUT2D eigenvalue weighted by Gasteiger charge is 2.14. The molecule has 4 heteroatoms. The highest BCUT2D eigenvalue weighted by molar-refractivity contribution is 5.82. The number of carboxylic acid groups (broad SMARTS) is 1. The van der Waals surface area contributed by atoms with E-state index in [-0.39, 0.29) is 6.42 Å². The van der Waals surface area contributed by atoms with Crippen LogP contribution < -0.4 is 0 Å². The maximum absolute atomic E-state index is 10.9. The van der Waals surface area contributed by atoms with Gasteiger partial charge in [0.15, 0.2) is 0 Å². The summed E-state index contributed by atoms with van der Waals surface area (Å²) in [5.74, 6) is -1.45. The van der Waals surface area contributed by atoms with E-state index in [9.17, 15) is 9.59 Å². The minimum Gasteiger partial charge on any atom is -0.481 e. The minimum atomic E-state index is -0.958. The number of hydrogen-bond acceptors (Lipinski definition) is 3. The zero-order valence-electron chi connectivity index (χ0n) is 7.82. The van der Waals surface area contributed by atoms with Crippen LogP contribution in [0.25, 0.3) is 0 Å². The molecule has 0 rings (SSSR count). The molecule has 0 spiro atoms. The Labute approximate surface area is 77.2 Å². The lowest BCUT2D eigenvalue weighted by Crippen LogP contribution is -2.19. The third-order valence-electron chi connectivity index (χ3n) is 1.44. The van der Waals surface area contributed by atoms with Crippen molar-refractivity contribution in [2.45, 2.75) is 32.8 Å². The molecule has 13 heavy (non-hydrogen) atoms. The highest BCUT2D eigenvalue weighted by atomic mass is 16.5. The highest BCUT2D eigenvalue weighted by Crippen LogP contribution is 2.04. The van der Waals surface area contributed by atoms with Crippen molar-refractivity contribution >= 4 is 11.9 Å². The second kappa shape index (κ2) is 6.22. The monoisotopic (exact) mass is 186 g/mol. The average Bonchev–Trinajstić information content (AvgIpc) is 2.02. The molecule has 0 aromatic rings. The normalized spacial score (nSPS) is 12.8. The van der Waals surface area contributed by atoms with Crippen LogP contribution in [0.2, 0.25) is 0 Å². The fourth-order valence-corrected chi connectivity index (χ4v) is 0.804. The van der Waals surface area contributed by atoms with Crippen LogP contribution in [0.4, 0.5) is 0 Å². The molecule has 74 valence electrons. The van der Waals surface area contributed by atoms with Crippen molar-refractivity contribution in [2.24, 2.45) is 0 Å². The second-order valence-corrected chi connectivity index (χ2v) is 2.57. The molecule has 0 saturated carbocycles. The Kier molecular flexibility index (Phi) is 5.59. The average molecular weight is 186 g/mol. The van der Waals surface area contributed by atoms with E-state index in [0.717, 1.165) is 0 Å². The van der Waals surface area contributed by atoms with E-state index in [4.69, 9.17) is 9.84 Å². The van der Waals surface area contributed by atoms with Gasteiger partial charge in [-0.15, -0.1) is 0 Å². The Balaban J connectivity index is 3.97. The van der Waals surface area contributed by atoms with Crippen molar-refractivity contribution < 1.29 is 19.4 Å². The standard InChI is InChI=1S/C9H14O4/c1-3-5-9(12)13-7(4-2)6-8(10)11/h3,5,7H,4,6H2,1-2H3,(H,10,11)/b5-3+. The van der Waals surface area contributed by atoms with Crippen LogP contribution in [0, 0.1) is 0 Å². The predicted molar refractivity (Wildman–Crippen MR) is 47.2 cm³/mol. The second-order valence-electron chi connectivity index (χ2n) is 2.57. The van der Waals surface area contributed by atoms with Gasteiger partial charge in [0.25, 0.3) is 0 Å². The summed E-state index contributed by atoms with van der Waals surface area (Å²) >= 11 is 0. The van der Waals surface area contributed by atoms with Crippen LogP contribution in [0.3, 0.4) is 0 Å². The lowest BCUT2D eigenvalue weighted by Gasteiger charge is -2.11. The van der Waals surface area contributed by atoms with Crippen molar-refractivity contribution in [1.29, 1.82) is 0 Å². The van der Waals surface area contributed by atoms with E-state index in [0.29, 0.717) is 6.42 Å². The number of carboxylic acids is 1. The quantitative estimate of drug-likeness (QED) is 0.520. The molecule has 0 aliphatic rings. The van der Waals surface area contributed by atoms with Gasteiger partial charge in [0.05, 0.1) is 6.42 Å². The summed E-state index contributed by atoms with van der Waals surface area (Å²) in [7, 11) is 0. The summed E-state index contributed by atoms with van der Waals surface area (Å²) in [6.45, 7) is 3.47. The van der Waals surface area contributed by atoms with E-state index in [1.54, 1.807) is 19.9 Å². The fourth-order valence-electron chi connectivity index (χ4n) is 0.804. The Morgan fingerprint density at radius 2 is 2.15 bits per heavy atom. The molecular formula is C9H14O4. The van der Waals surface area contributed by atoms with Crippen LogP contribution in [-0.2, 0) is 14.3 Å². The van der Waals surface area contributed by atoms with Gasteiger partial charge >= 0.3 is 11.9 Å². The summed E-state index contributed by atoms with van der Waals surface area (Å²) in [6.07, 6.45) is 2.66. The van der Waals surface area contributed by atoms with E-state index in [2.05, 4.69) is 0 Å². The number of esters is 1. The lowest BCUT2D eigenvalue weighted by molar-refractivity contribution is -0.148. The summed E-state index contributed by atoms with van der Waals surface area (Å²) in [5, 5.41) is 8.45. The largest absolute Gasteiger partial charge is 0.481 e. The number of carbonyl (C=O) groups excluding carboxylic acids is 1. The van der Waals surface area contributed by atoms with Gasteiger partial charge in [-0.1, -0.05) is 13.0 Å². The minimum absolute atomic E-state index is 0.139. The molecule has 0 heterocycles. The first-order valence-electron chi connectivity index (χ1n) is 4.15. The summed E-state index contributed by atoms with van der Waals surface area (Å²) in [5.41, 5.74) is 0. The SMILES string of the molecule is C/C=C/C(=O)OC(CC)CC(=O)O. The molecule has 1 unspecified atom stereocenters. The molecule has 0 fully saturated rings. The molecule has 0 aliphatic carbocycles. The van der Waals surface area contributed by atoms with Crippen LogP contribution in [0.15, 0.2) is 12.2 Å². The number of ether oxygens (including phenoxy) is 1. The molecule has 0 radical (unpaired) electrons. The molecule has 0 amide bonds. The van der Waals surface area contributed by atoms with Crippen molar-refractivity contribution in [3.8, 4) is 0 Å². The molecular weight excluding hydrogens is 172 g/mol. The Morgan fingerprint density at radius 3 is 2.54 bits per heavy atom. The van der Waals surface area contributed by atoms with Gasteiger partial charge < -0.3 is 9.84 Å². The van der Waals surface area contributed by atoms with E-state index in [1.807, 2.05) is 0 Å². The van der Waals surface area contributed by atoms with Gasteiger partial charge in [0, 0.05) is 6.08 Å². The van der Waals surface area contributed by atoms with Crippen molar-refractivity contribution in [3.05, 3.63) is 12.2 Å². The van der Waals surface area contributed by atoms with Crippen LogP contribution in [0.1, 0.15) is 26.7 Å². The molecule has 1 atom stereocenters. The predicted octanol–water partition coefficient (Wildman–Crippen LogP) is 1.36. The molecule has 0 bridgehead atoms. The number of aliphatic carboxylic acids is 1. The number of allylic oxidation sites excluding steroid dienone is 1. The summed E-state index contributed by atoms with van der Waals surface area (Å²) in [6, 6.07) is 0. The van der Waals surface area contributed by atoms with E-state index >= 15 is 0 Å². The van der Waals surface area contributed by atoms with Crippen molar-refractivity contribution in [1.82, 2.24) is 0 Å². The molecule has 0 saturated heterocycles. The lowest BCUT2D eigenvalue weighted by atomic mass is 10.2. The van der Waals surface area contributed by atoms with Gasteiger partial charge in [-0.2, -0.15) is 0 Å². The van der Waals surface area contributed by atoms with Crippen molar-refractivity contribution in [2.75, 3.05) is 0 Å². The van der Waals surface area contributed by atoms with Gasteiger partial charge in [0.1, 0.15) is 6.10 Å². The van der Waals surface area contributed by atoms with Gasteiger partial charge in [-0.25, -0.2) is 4.79 Å². The number of hydrogen-bond donors (Lipinski definition) is 1. The van der Waals surface area contributed by atoms with Crippen molar-refractivity contribution in [3.63, 3.8) is 0 Å². The molecule has 1 N–H and O–H groups in total. The Morgan fingerprint density at radius 1 is 1.54 bits per heavy atom. The van der Waals surface area contributed by atoms with E-state index in [1.165, 1.54) is 6.08 Å². The van der Waals surface area contributed by atoms with Crippen LogP contribution in [-0.4, -0.2) is 23.1 Å². The van der Waals surface area contributed by atoms with Gasteiger partial charge in [-0.05, 0) is 13.3 Å². The van der Waals surface area contributed by atoms with Crippen LogP contribution in [0.5, 0.6) is 0 Å². The maximum Gasteiger partial charge on any atom is 0.330 e. The molecule has 0 aromatic carbocycles. The summed E-state index contributed by atoms with van der Waals surface area (Å²) in [4.78, 5) is 21.2. The first kappa shape index (κ1) is 11.7. The van der Waals surface area contributed by atoms with Crippen LogP contribution >= 0.6 is 0 Å². The van der Waals surface area contributed by atoms with E-state index < -0.39 is 18.0 Å². The Hall–Kier alpha value is -1.32. The smallest absolute Gasteiger partial charge is 0.330 e. The van der Waals surface area contributed by atoms with Gasteiger partial charge in [-0.3, -0.25) is 4.79 Å². The van der Waals surface area contributed by atoms with Gasteiger partial charge in [0.2, 0.25) is 0 Å². The first-order valence-corrected chi connectivity index (χ1v) is 4.15. The molecule has 0 aliphatic heterocycles. The zero-order chi connectivity index (χ0) is 10.3. The third kappa shape index (κ3) is 5.90. The summed E-state index contributed by atoms with van der Waals surface area (Å²) < 4.78 is 4.84. The Bertz CT molecular complexity index is 208. The number of rotatable bonds is 5. The maximum atomic E-state index is 10.9. The zero-order valence-corrected chi connectivity index (χ0v) is 7.82. The molecule has 0 aromatic heterocycles. The third-order valence-corrected chi connectivity index (χ3v) is 1.44. The fraction of sp³-hybridized carbons (Fsp3) is 0.556. The molecule has 4 nitrogen and oxygen atoms in total. The number of carbonyl (C=O) groups is 2. The topological polar surface area (TPSA) is 63.6 Å².